The molecule has 7 nitrogen and oxygen atoms in total. The number of likely N-dealkylation sites (N-methyl/N-ethyl adjacent to an activating group) is 1. The molecule has 3 aromatic rings. The standard InChI is InChI=1S/C22H23N3O4/c1-16(21(26)24(2)14-17-10-6-4-7-11-17)29-22(27)20-19(28-3)15-25(23-20)18-12-8-5-9-13-18/h4-13,15-16H,14H2,1-3H3/t16-/m1/s1. The highest BCUT2D eigenvalue weighted by atomic mass is 16.6. The summed E-state index contributed by atoms with van der Waals surface area (Å²) in [6, 6.07) is 18.9. The number of hydrogen-bond donors (Lipinski definition) is 0. The zero-order valence-electron chi connectivity index (χ0n) is 16.6. The average molecular weight is 393 g/mol. The van der Waals surface area contributed by atoms with Crippen molar-refractivity contribution in [2.75, 3.05) is 14.2 Å². The van der Waals surface area contributed by atoms with Crippen LogP contribution in [0.25, 0.3) is 5.69 Å². The van der Waals surface area contributed by atoms with Gasteiger partial charge in [-0.05, 0) is 24.6 Å². The monoisotopic (exact) mass is 393 g/mol. The molecule has 1 amide bonds. The summed E-state index contributed by atoms with van der Waals surface area (Å²) in [4.78, 5) is 26.7. The summed E-state index contributed by atoms with van der Waals surface area (Å²) < 4.78 is 12.2. The quantitative estimate of drug-likeness (QED) is 0.577. The Kier molecular flexibility index (Phi) is 6.29. The van der Waals surface area contributed by atoms with E-state index in [1.807, 2.05) is 60.7 Å². The number of benzene rings is 2. The van der Waals surface area contributed by atoms with Crippen LogP contribution in [0.1, 0.15) is 23.0 Å². The fraction of sp³-hybridized carbons (Fsp3) is 0.227. The lowest BCUT2D eigenvalue weighted by atomic mass is 10.2. The Morgan fingerprint density at radius 1 is 1.07 bits per heavy atom. The van der Waals surface area contributed by atoms with Crippen LogP contribution in [-0.2, 0) is 16.1 Å². The van der Waals surface area contributed by atoms with E-state index in [2.05, 4.69) is 5.10 Å². The highest BCUT2D eigenvalue weighted by Crippen LogP contribution is 2.21. The molecule has 0 radical (unpaired) electrons. The number of nitrogens with zero attached hydrogens (tertiary/aromatic N) is 3. The van der Waals surface area contributed by atoms with Gasteiger partial charge in [-0.3, -0.25) is 4.79 Å². The van der Waals surface area contributed by atoms with Crippen molar-refractivity contribution in [3.05, 3.63) is 78.1 Å². The molecule has 3 rings (SSSR count). The summed E-state index contributed by atoms with van der Waals surface area (Å²) in [6.07, 6.45) is 0.641. The molecule has 0 saturated heterocycles. The van der Waals surface area contributed by atoms with Gasteiger partial charge in [0, 0.05) is 13.6 Å². The van der Waals surface area contributed by atoms with E-state index in [-0.39, 0.29) is 17.4 Å². The lowest BCUT2D eigenvalue weighted by Gasteiger charge is -2.21. The molecule has 0 fully saturated rings. The van der Waals surface area contributed by atoms with Crippen molar-refractivity contribution < 1.29 is 19.1 Å². The minimum Gasteiger partial charge on any atom is -0.493 e. The summed E-state index contributed by atoms with van der Waals surface area (Å²) >= 11 is 0. The van der Waals surface area contributed by atoms with Gasteiger partial charge in [-0.15, -0.1) is 0 Å². The van der Waals surface area contributed by atoms with Crippen molar-refractivity contribution in [3.8, 4) is 11.4 Å². The van der Waals surface area contributed by atoms with E-state index < -0.39 is 12.1 Å². The maximum atomic E-state index is 12.6. The van der Waals surface area contributed by atoms with Gasteiger partial charge in [0.25, 0.3) is 5.91 Å². The predicted molar refractivity (Wildman–Crippen MR) is 108 cm³/mol. The second kappa shape index (κ2) is 9.05. The van der Waals surface area contributed by atoms with Crippen molar-refractivity contribution >= 4 is 11.9 Å². The molecular formula is C22H23N3O4. The van der Waals surface area contributed by atoms with Gasteiger partial charge >= 0.3 is 5.97 Å². The second-order valence-electron chi connectivity index (χ2n) is 6.55. The van der Waals surface area contributed by atoms with Gasteiger partial charge in [0.2, 0.25) is 5.69 Å². The Hall–Kier alpha value is -3.61. The predicted octanol–water partition coefficient (Wildman–Crippen LogP) is 3.08. The van der Waals surface area contributed by atoms with Crippen LogP contribution in [0.15, 0.2) is 66.9 Å². The van der Waals surface area contributed by atoms with Crippen LogP contribution >= 0.6 is 0 Å². The van der Waals surface area contributed by atoms with Crippen molar-refractivity contribution in [2.45, 2.75) is 19.6 Å². The molecule has 0 aliphatic rings. The fourth-order valence-corrected chi connectivity index (χ4v) is 2.87. The number of hydrogen-bond acceptors (Lipinski definition) is 5. The molecule has 0 saturated carbocycles. The number of ether oxygens (including phenoxy) is 2. The third-order valence-electron chi connectivity index (χ3n) is 4.39. The number of carbonyl (C=O) groups is 2. The van der Waals surface area contributed by atoms with Gasteiger partial charge in [-0.1, -0.05) is 48.5 Å². The molecule has 29 heavy (non-hydrogen) atoms. The smallest absolute Gasteiger partial charge is 0.363 e. The van der Waals surface area contributed by atoms with Crippen LogP contribution in [0.2, 0.25) is 0 Å². The van der Waals surface area contributed by atoms with Crippen LogP contribution < -0.4 is 4.74 Å². The molecule has 0 aliphatic carbocycles. The first-order valence-electron chi connectivity index (χ1n) is 9.18. The Morgan fingerprint density at radius 2 is 1.69 bits per heavy atom. The van der Waals surface area contributed by atoms with Gasteiger partial charge in [0.05, 0.1) is 19.0 Å². The molecule has 1 aromatic heterocycles. The lowest BCUT2D eigenvalue weighted by Crippen LogP contribution is -2.37. The highest BCUT2D eigenvalue weighted by Gasteiger charge is 2.26. The summed E-state index contributed by atoms with van der Waals surface area (Å²) in [5, 5.41) is 4.27. The van der Waals surface area contributed by atoms with Crippen molar-refractivity contribution in [1.82, 2.24) is 14.7 Å². The van der Waals surface area contributed by atoms with E-state index in [1.54, 1.807) is 20.2 Å². The van der Waals surface area contributed by atoms with E-state index in [0.29, 0.717) is 6.54 Å². The first kappa shape index (κ1) is 20.1. The fourth-order valence-electron chi connectivity index (χ4n) is 2.87. The number of amides is 1. The maximum Gasteiger partial charge on any atom is 0.363 e. The van der Waals surface area contributed by atoms with Crippen LogP contribution in [0.3, 0.4) is 0 Å². The minimum atomic E-state index is -0.956. The Morgan fingerprint density at radius 3 is 2.31 bits per heavy atom. The van der Waals surface area contributed by atoms with E-state index in [4.69, 9.17) is 9.47 Å². The van der Waals surface area contributed by atoms with E-state index in [9.17, 15) is 9.59 Å². The molecule has 1 atom stereocenters. The number of para-hydroxylation sites is 1. The summed E-state index contributed by atoms with van der Waals surface area (Å²) in [7, 11) is 3.12. The normalized spacial score (nSPS) is 11.6. The minimum absolute atomic E-state index is 0.0155. The van der Waals surface area contributed by atoms with Crippen LogP contribution in [0.4, 0.5) is 0 Å². The molecule has 0 spiro atoms. The summed E-state index contributed by atoms with van der Waals surface area (Å²) in [6.45, 7) is 1.97. The SMILES string of the molecule is COc1cn(-c2ccccc2)nc1C(=O)O[C@H](C)C(=O)N(C)Cc1ccccc1. The second-order valence-corrected chi connectivity index (χ2v) is 6.55. The molecule has 1 heterocycles. The third-order valence-corrected chi connectivity index (χ3v) is 4.39. The van der Waals surface area contributed by atoms with Gasteiger partial charge in [0.1, 0.15) is 0 Å². The third kappa shape index (κ3) is 4.82. The molecule has 0 N–H and O–H groups in total. The Balaban J connectivity index is 1.69. The zero-order valence-corrected chi connectivity index (χ0v) is 16.6. The first-order chi connectivity index (χ1) is 14.0. The molecule has 0 unspecified atom stereocenters. The zero-order chi connectivity index (χ0) is 20.8. The molecule has 0 bridgehead atoms. The topological polar surface area (TPSA) is 73.7 Å². The van der Waals surface area contributed by atoms with Crippen LogP contribution in [-0.4, -0.2) is 46.8 Å². The maximum absolute atomic E-state index is 12.6. The number of methoxy groups -OCH3 is 1. The number of carbonyl (C=O) groups excluding carboxylic acids is 2. The van der Waals surface area contributed by atoms with Crippen molar-refractivity contribution in [1.29, 1.82) is 0 Å². The summed E-state index contributed by atoms with van der Waals surface area (Å²) in [5.41, 5.74) is 1.78. The van der Waals surface area contributed by atoms with Crippen molar-refractivity contribution in [3.63, 3.8) is 0 Å². The van der Waals surface area contributed by atoms with Crippen molar-refractivity contribution in [2.24, 2.45) is 0 Å². The molecule has 2 aromatic carbocycles. The van der Waals surface area contributed by atoms with Crippen LogP contribution in [0, 0.1) is 0 Å². The van der Waals surface area contributed by atoms with E-state index in [0.717, 1.165) is 11.3 Å². The molecule has 150 valence electrons. The Bertz CT molecular complexity index is 970. The number of rotatable bonds is 7. The summed E-state index contributed by atoms with van der Waals surface area (Å²) in [5.74, 6) is -0.745. The molecular weight excluding hydrogens is 370 g/mol. The lowest BCUT2D eigenvalue weighted by molar-refractivity contribution is -0.139. The molecule has 0 aliphatic heterocycles. The van der Waals surface area contributed by atoms with Crippen LogP contribution in [0.5, 0.6) is 5.75 Å². The van der Waals surface area contributed by atoms with Gasteiger partial charge < -0.3 is 14.4 Å². The largest absolute Gasteiger partial charge is 0.493 e. The highest BCUT2D eigenvalue weighted by molar-refractivity contribution is 5.92. The first-order valence-corrected chi connectivity index (χ1v) is 9.18. The van der Waals surface area contributed by atoms with Gasteiger partial charge in [-0.25, -0.2) is 9.48 Å². The number of esters is 1. The van der Waals surface area contributed by atoms with Gasteiger partial charge in [-0.2, -0.15) is 5.10 Å². The van der Waals surface area contributed by atoms with E-state index in [1.165, 1.54) is 16.7 Å². The van der Waals surface area contributed by atoms with Gasteiger partial charge in [0.15, 0.2) is 11.9 Å². The average Bonchev–Trinajstić information content (AvgIpc) is 3.19. The Labute approximate surface area is 169 Å². The number of aromatic nitrogens is 2. The molecule has 7 heteroatoms. The van der Waals surface area contributed by atoms with E-state index >= 15 is 0 Å².